The van der Waals surface area contributed by atoms with E-state index in [1.54, 1.807) is 12.1 Å². The molecule has 1 heterocycles. The van der Waals surface area contributed by atoms with E-state index in [-0.39, 0.29) is 16.7 Å². The first-order valence-electron chi connectivity index (χ1n) is 6.19. The monoisotopic (exact) mass is 300 g/mol. The Morgan fingerprint density at radius 3 is 2.41 bits per heavy atom. The Hall–Kier alpha value is -2.98. The first-order valence-corrected chi connectivity index (χ1v) is 6.19. The predicted octanol–water partition coefficient (Wildman–Crippen LogP) is 0.554. The van der Waals surface area contributed by atoms with Crippen molar-refractivity contribution >= 4 is 40.7 Å². The first kappa shape index (κ1) is 14.0. The van der Waals surface area contributed by atoms with E-state index >= 15 is 0 Å². The van der Waals surface area contributed by atoms with Gasteiger partial charge in [0.1, 0.15) is 0 Å². The molecule has 0 radical (unpaired) electrons. The minimum Gasteiger partial charge on any atom is -0.423 e. The van der Waals surface area contributed by atoms with Crippen molar-refractivity contribution in [3.8, 4) is 0 Å². The van der Waals surface area contributed by atoms with Crippen LogP contribution in [-0.2, 0) is 0 Å². The average Bonchev–Trinajstić information content (AvgIpc) is 2.97. The highest BCUT2D eigenvalue weighted by atomic mass is 16.6. The fourth-order valence-corrected chi connectivity index (χ4v) is 2.00. The fourth-order valence-electron chi connectivity index (χ4n) is 2.00. The lowest BCUT2D eigenvalue weighted by Crippen LogP contribution is -2.29. The Morgan fingerprint density at radius 1 is 1.09 bits per heavy atom. The van der Waals surface area contributed by atoms with E-state index in [2.05, 4.69) is 20.3 Å². The number of nitro benzene ring substituents is 1. The van der Waals surface area contributed by atoms with Crippen molar-refractivity contribution in [2.45, 2.75) is 0 Å². The molecule has 3 rings (SSSR count). The first-order chi connectivity index (χ1) is 10.6. The summed E-state index contributed by atoms with van der Waals surface area (Å²) < 4.78 is 4.57. The third kappa shape index (κ3) is 2.48. The van der Waals surface area contributed by atoms with Crippen LogP contribution in [-0.4, -0.2) is 32.4 Å². The van der Waals surface area contributed by atoms with Crippen LogP contribution in [0.3, 0.4) is 0 Å². The largest absolute Gasteiger partial charge is 0.488 e. The predicted molar refractivity (Wildman–Crippen MR) is 78.0 cm³/mol. The summed E-state index contributed by atoms with van der Waals surface area (Å²) in [4.78, 5) is 10.4. The van der Waals surface area contributed by atoms with Crippen LogP contribution in [0, 0.1) is 10.1 Å². The molecule has 0 saturated carbocycles. The van der Waals surface area contributed by atoms with Gasteiger partial charge in [-0.05, 0) is 34.0 Å². The normalized spacial score (nSPS) is 10.6. The van der Waals surface area contributed by atoms with Gasteiger partial charge in [-0.2, -0.15) is 0 Å². The Labute approximate surface area is 123 Å². The van der Waals surface area contributed by atoms with Crippen LogP contribution in [0.15, 0.2) is 41.0 Å². The van der Waals surface area contributed by atoms with Crippen molar-refractivity contribution < 1.29 is 19.6 Å². The zero-order valence-electron chi connectivity index (χ0n) is 11.0. The molecule has 0 unspecified atom stereocenters. The van der Waals surface area contributed by atoms with E-state index in [0.29, 0.717) is 16.8 Å². The molecule has 3 aromatic rings. The molecule has 0 aliphatic rings. The second kappa shape index (κ2) is 5.43. The van der Waals surface area contributed by atoms with Gasteiger partial charge < -0.3 is 15.4 Å². The minimum absolute atomic E-state index is 0.0531. The maximum Gasteiger partial charge on any atom is 0.488 e. The number of hydrogen-bond acceptors (Lipinski definition) is 8. The maximum absolute atomic E-state index is 10.9. The minimum atomic E-state index is -1.54. The molecule has 3 N–H and O–H groups in total. The molecule has 1 aromatic heterocycles. The van der Waals surface area contributed by atoms with Crippen molar-refractivity contribution in [3.05, 3.63) is 46.5 Å². The quantitative estimate of drug-likeness (QED) is 0.361. The number of rotatable bonds is 4. The molecule has 9 nitrogen and oxygen atoms in total. The van der Waals surface area contributed by atoms with Crippen LogP contribution in [0.25, 0.3) is 11.0 Å². The van der Waals surface area contributed by atoms with Crippen LogP contribution < -0.4 is 10.8 Å². The van der Waals surface area contributed by atoms with Gasteiger partial charge in [0.25, 0.3) is 0 Å². The number of benzene rings is 2. The molecule has 0 aliphatic heterocycles. The number of nitrogens with one attached hydrogen (secondary N) is 1. The highest BCUT2D eigenvalue weighted by Gasteiger charge is 2.19. The summed E-state index contributed by atoms with van der Waals surface area (Å²) in [6.45, 7) is 0. The van der Waals surface area contributed by atoms with E-state index in [4.69, 9.17) is 10.0 Å². The second-order valence-electron chi connectivity index (χ2n) is 4.47. The van der Waals surface area contributed by atoms with Crippen LogP contribution in [0.5, 0.6) is 0 Å². The molecule has 0 fully saturated rings. The lowest BCUT2D eigenvalue weighted by atomic mass is 9.80. The van der Waals surface area contributed by atoms with Gasteiger partial charge in [-0.15, -0.1) is 0 Å². The third-order valence-electron chi connectivity index (χ3n) is 3.08. The van der Waals surface area contributed by atoms with Gasteiger partial charge in [0.05, 0.1) is 10.6 Å². The van der Waals surface area contributed by atoms with Gasteiger partial charge in [-0.25, -0.2) is 4.63 Å². The van der Waals surface area contributed by atoms with Crippen molar-refractivity contribution in [1.29, 1.82) is 0 Å². The molecule has 0 atom stereocenters. The number of nitrogens with zero attached hydrogens (tertiary/aromatic N) is 3. The molecule has 0 aliphatic carbocycles. The zero-order valence-corrected chi connectivity index (χ0v) is 11.0. The summed E-state index contributed by atoms with van der Waals surface area (Å²) in [5.41, 5.74) is 1.57. The van der Waals surface area contributed by atoms with Gasteiger partial charge in [0.2, 0.25) is 5.52 Å². The highest BCUT2D eigenvalue weighted by molar-refractivity contribution is 6.58. The number of hydrogen-bond donors (Lipinski definition) is 3. The Balaban J connectivity index is 1.96. The summed E-state index contributed by atoms with van der Waals surface area (Å²) in [5.74, 6) is 0. The molecular formula is C12H9BN4O5. The number of nitro groups is 1. The zero-order chi connectivity index (χ0) is 15.7. The molecule has 0 saturated heterocycles. The molecule has 0 spiro atoms. The molecule has 0 bridgehead atoms. The Kier molecular flexibility index (Phi) is 3.45. The number of non-ortho nitro benzene ring substituents is 1. The average molecular weight is 300 g/mol. The lowest BCUT2D eigenvalue weighted by molar-refractivity contribution is -0.383. The number of anilines is 2. The van der Waals surface area contributed by atoms with Gasteiger partial charge in [-0.1, -0.05) is 12.1 Å². The SMILES string of the molecule is O=[N+]([O-])c1ccc(Nc2ccc(B(O)O)cc2)c2nonc12. The van der Waals surface area contributed by atoms with E-state index in [1.165, 1.54) is 24.3 Å². The molecule has 110 valence electrons. The maximum atomic E-state index is 10.9. The topological polar surface area (TPSA) is 135 Å². The van der Waals surface area contributed by atoms with Gasteiger partial charge in [0, 0.05) is 11.8 Å². The smallest absolute Gasteiger partial charge is 0.423 e. The standard InChI is InChI=1S/C12H9BN4O5/c18-13(19)7-1-3-8(4-2-7)14-9-5-6-10(17(20)21)12-11(9)15-22-16-12/h1-6,14,18-19H. The summed E-state index contributed by atoms with van der Waals surface area (Å²) in [6, 6.07) is 9.15. The van der Waals surface area contributed by atoms with Gasteiger partial charge >= 0.3 is 12.8 Å². The Bertz CT molecular complexity index is 833. The van der Waals surface area contributed by atoms with Gasteiger partial charge in [0.15, 0.2) is 5.52 Å². The highest BCUT2D eigenvalue weighted by Crippen LogP contribution is 2.30. The summed E-state index contributed by atoms with van der Waals surface area (Å²) in [7, 11) is -1.54. The summed E-state index contributed by atoms with van der Waals surface area (Å²) in [6.07, 6.45) is 0. The van der Waals surface area contributed by atoms with Crippen molar-refractivity contribution in [2.75, 3.05) is 5.32 Å². The van der Waals surface area contributed by atoms with Gasteiger partial charge in [-0.3, -0.25) is 10.1 Å². The molecule has 2 aromatic carbocycles. The molecular weight excluding hydrogens is 291 g/mol. The van der Waals surface area contributed by atoms with Crippen LogP contribution in [0.2, 0.25) is 0 Å². The molecule has 0 amide bonds. The van der Waals surface area contributed by atoms with Crippen LogP contribution in [0.4, 0.5) is 17.1 Å². The Morgan fingerprint density at radius 2 is 1.77 bits per heavy atom. The number of fused-ring (bicyclic) bond motifs is 1. The second-order valence-corrected chi connectivity index (χ2v) is 4.47. The molecule has 10 heteroatoms. The van der Waals surface area contributed by atoms with E-state index < -0.39 is 12.0 Å². The molecule has 22 heavy (non-hydrogen) atoms. The summed E-state index contributed by atoms with van der Waals surface area (Å²) in [5, 5.41) is 39.2. The lowest BCUT2D eigenvalue weighted by Gasteiger charge is -2.07. The number of aromatic nitrogens is 2. The summed E-state index contributed by atoms with van der Waals surface area (Å²) >= 11 is 0. The van der Waals surface area contributed by atoms with Crippen LogP contribution in [0.1, 0.15) is 0 Å². The van der Waals surface area contributed by atoms with Crippen molar-refractivity contribution in [3.63, 3.8) is 0 Å². The van der Waals surface area contributed by atoms with Crippen LogP contribution >= 0.6 is 0 Å². The van der Waals surface area contributed by atoms with E-state index in [9.17, 15) is 10.1 Å². The van der Waals surface area contributed by atoms with E-state index in [1.807, 2.05) is 0 Å². The van der Waals surface area contributed by atoms with E-state index in [0.717, 1.165) is 0 Å². The fraction of sp³-hybridized carbons (Fsp3) is 0. The third-order valence-corrected chi connectivity index (χ3v) is 3.08. The van der Waals surface area contributed by atoms with Crippen molar-refractivity contribution in [1.82, 2.24) is 10.3 Å². The van der Waals surface area contributed by atoms with Crippen molar-refractivity contribution in [2.24, 2.45) is 0 Å².